The molecule has 4 rings (SSSR count). The van der Waals surface area contributed by atoms with Crippen LogP contribution in [-0.4, -0.2) is 57.5 Å². The number of piperidine rings is 2. The minimum absolute atomic E-state index is 0.327. The van der Waals surface area contributed by atoms with Gasteiger partial charge in [0.25, 0.3) is 0 Å². The molecule has 1 aromatic rings. The number of nitrogens with zero attached hydrogens (tertiary/aromatic N) is 2. The zero-order chi connectivity index (χ0) is 18.1. The smallest absolute Gasteiger partial charge is 0.147 e. The van der Waals surface area contributed by atoms with Crippen molar-refractivity contribution in [2.45, 2.75) is 51.0 Å². The van der Waals surface area contributed by atoms with Crippen molar-refractivity contribution in [2.24, 2.45) is 5.92 Å². The van der Waals surface area contributed by atoms with E-state index in [2.05, 4.69) is 28.0 Å². The van der Waals surface area contributed by atoms with Crippen molar-refractivity contribution in [1.29, 1.82) is 0 Å². The van der Waals surface area contributed by atoms with Gasteiger partial charge in [0.05, 0.1) is 5.75 Å². The molecule has 3 aliphatic rings. The Morgan fingerprint density at radius 3 is 2.54 bits per heavy atom. The summed E-state index contributed by atoms with van der Waals surface area (Å²) in [5.74, 6) is 0.686. The average molecular weight is 377 g/mol. The van der Waals surface area contributed by atoms with E-state index in [4.69, 9.17) is 0 Å². The molecule has 0 bridgehead atoms. The van der Waals surface area contributed by atoms with Crippen molar-refractivity contribution in [3.63, 3.8) is 0 Å². The molecule has 2 fully saturated rings. The molecule has 1 aliphatic carbocycles. The average Bonchev–Trinajstić information content (AvgIpc) is 3.08. The second-order valence-electron chi connectivity index (χ2n) is 8.62. The van der Waals surface area contributed by atoms with E-state index in [0.717, 1.165) is 39.0 Å². The molecule has 144 valence electrons. The van der Waals surface area contributed by atoms with Gasteiger partial charge < -0.3 is 4.90 Å². The second-order valence-corrected chi connectivity index (χ2v) is 10.8. The van der Waals surface area contributed by atoms with Gasteiger partial charge in [-0.25, -0.2) is 8.42 Å². The minimum atomic E-state index is -2.86. The van der Waals surface area contributed by atoms with Gasteiger partial charge in [-0.1, -0.05) is 6.07 Å². The van der Waals surface area contributed by atoms with Crippen LogP contribution in [0, 0.1) is 5.92 Å². The predicted molar refractivity (Wildman–Crippen MR) is 108 cm³/mol. The highest BCUT2D eigenvalue weighted by molar-refractivity contribution is 7.90. The van der Waals surface area contributed by atoms with Crippen molar-refractivity contribution < 1.29 is 8.42 Å². The van der Waals surface area contributed by atoms with Gasteiger partial charge in [-0.15, -0.1) is 0 Å². The fourth-order valence-corrected chi connectivity index (χ4v) is 6.37. The first-order chi connectivity index (χ1) is 12.5. The normalized spacial score (nSPS) is 25.4. The summed E-state index contributed by atoms with van der Waals surface area (Å²) in [5.41, 5.74) is 4.51. The summed E-state index contributed by atoms with van der Waals surface area (Å²) in [5, 5.41) is 0. The van der Waals surface area contributed by atoms with Gasteiger partial charge in [-0.05, 0) is 80.7 Å². The Bertz CT molecular complexity index is 738. The van der Waals surface area contributed by atoms with E-state index in [1.54, 1.807) is 11.1 Å². The van der Waals surface area contributed by atoms with Crippen molar-refractivity contribution in [3.8, 4) is 0 Å². The molecule has 2 aliphatic heterocycles. The van der Waals surface area contributed by atoms with Crippen molar-refractivity contribution in [2.75, 3.05) is 43.1 Å². The van der Waals surface area contributed by atoms with Crippen LogP contribution in [0.15, 0.2) is 18.2 Å². The molecule has 2 heterocycles. The van der Waals surface area contributed by atoms with Crippen LogP contribution in [0.1, 0.15) is 43.2 Å². The summed E-state index contributed by atoms with van der Waals surface area (Å²) in [6, 6.07) is 7.70. The lowest BCUT2D eigenvalue weighted by Gasteiger charge is -2.43. The van der Waals surface area contributed by atoms with Gasteiger partial charge in [0.1, 0.15) is 9.84 Å². The van der Waals surface area contributed by atoms with Crippen LogP contribution in [0.2, 0.25) is 0 Å². The Kier molecular flexibility index (Phi) is 5.29. The van der Waals surface area contributed by atoms with Gasteiger partial charge in [0, 0.05) is 37.6 Å². The third-order valence-electron chi connectivity index (χ3n) is 6.52. The summed E-state index contributed by atoms with van der Waals surface area (Å²) in [7, 11) is -2.86. The lowest BCUT2D eigenvalue weighted by molar-refractivity contribution is 0.113. The Labute approximate surface area is 158 Å². The van der Waals surface area contributed by atoms with Crippen LogP contribution >= 0.6 is 0 Å². The number of anilines is 1. The fourth-order valence-electron chi connectivity index (χ4n) is 5.24. The molecule has 1 atom stereocenters. The number of hydrogen-bond acceptors (Lipinski definition) is 4. The summed E-state index contributed by atoms with van der Waals surface area (Å²) < 4.78 is 23.3. The maximum atomic E-state index is 11.6. The maximum absolute atomic E-state index is 11.6. The van der Waals surface area contributed by atoms with E-state index >= 15 is 0 Å². The topological polar surface area (TPSA) is 40.6 Å². The molecule has 4 nitrogen and oxygen atoms in total. The third-order valence-corrected chi connectivity index (χ3v) is 7.59. The summed E-state index contributed by atoms with van der Waals surface area (Å²) in [4.78, 5) is 5.13. The lowest BCUT2D eigenvalue weighted by Crippen LogP contribution is -2.49. The summed E-state index contributed by atoms with van der Waals surface area (Å²) >= 11 is 0. The molecule has 0 aromatic heterocycles. The molecule has 5 heteroatoms. The highest BCUT2D eigenvalue weighted by Gasteiger charge is 2.30. The molecular formula is C21H32N2O2S. The Morgan fingerprint density at radius 1 is 1.00 bits per heavy atom. The van der Waals surface area contributed by atoms with Gasteiger partial charge in [0.15, 0.2) is 0 Å². The van der Waals surface area contributed by atoms with Crippen LogP contribution in [0.25, 0.3) is 0 Å². The molecule has 0 spiro atoms. The van der Waals surface area contributed by atoms with E-state index in [1.807, 2.05) is 0 Å². The van der Waals surface area contributed by atoms with Gasteiger partial charge >= 0.3 is 0 Å². The summed E-state index contributed by atoms with van der Waals surface area (Å²) in [6.07, 6.45) is 9.79. The molecule has 1 aromatic carbocycles. The zero-order valence-corrected chi connectivity index (χ0v) is 16.8. The fraction of sp³-hybridized carbons (Fsp3) is 0.714. The lowest BCUT2D eigenvalue weighted by atomic mass is 9.94. The first-order valence-electron chi connectivity index (χ1n) is 10.3. The molecule has 0 amide bonds. The third kappa shape index (κ3) is 4.25. The predicted octanol–water partition coefficient (Wildman–Crippen LogP) is 2.90. The molecule has 0 radical (unpaired) electrons. The Hall–Kier alpha value is -1.07. The largest absolute Gasteiger partial charge is 0.371 e. The zero-order valence-electron chi connectivity index (χ0n) is 16.0. The standard InChI is InChI=1S/C21H32N2O2S/c1-26(24,25)16-17-4-3-11-23(15-17)20-9-12-22(13-10-20)21-8-7-18-5-2-6-19(18)14-21/h7-8,14,17,20H,2-6,9-13,15-16H2,1H3. The van der Waals surface area contributed by atoms with Crippen LogP contribution in [0.5, 0.6) is 0 Å². The Balaban J connectivity index is 1.33. The SMILES string of the molecule is CS(=O)(=O)CC1CCCN(C2CCN(c3ccc4c(c3)CCC4)CC2)C1. The van der Waals surface area contributed by atoms with Crippen LogP contribution in [0.3, 0.4) is 0 Å². The first kappa shape index (κ1) is 18.3. The molecule has 1 unspecified atom stereocenters. The monoisotopic (exact) mass is 376 g/mol. The van der Waals surface area contributed by atoms with E-state index < -0.39 is 9.84 Å². The number of hydrogen-bond donors (Lipinski definition) is 0. The maximum Gasteiger partial charge on any atom is 0.147 e. The van der Waals surface area contributed by atoms with Crippen molar-refractivity contribution >= 4 is 15.5 Å². The number of sulfone groups is 1. The van der Waals surface area contributed by atoms with Crippen molar-refractivity contribution in [1.82, 2.24) is 4.90 Å². The number of likely N-dealkylation sites (tertiary alicyclic amines) is 1. The van der Waals surface area contributed by atoms with Crippen molar-refractivity contribution in [3.05, 3.63) is 29.3 Å². The van der Waals surface area contributed by atoms with Gasteiger partial charge in [-0.3, -0.25) is 4.90 Å². The quantitative estimate of drug-likeness (QED) is 0.810. The first-order valence-corrected chi connectivity index (χ1v) is 12.3. The van der Waals surface area contributed by atoms with Crippen LogP contribution < -0.4 is 4.90 Å². The minimum Gasteiger partial charge on any atom is -0.371 e. The van der Waals surface area contributed by atoms with Gasteiger partial charge in [-0.2, -0.15) is 0 Å². The number of rotatable bonds is 4. The molecule has 0 saturated carbocycles. The van der Waals surface area contributed by atoms with Crippen LogP contribution in [0.4, 0.5) is 5.69 Å². The van der Waals surface area contributed by atoms with Crippen LogP contribution in [-0.2, 0) is 22.7 Å². The highest BCUT2D eigenvalue weighted by atomic mass is 32.2. The highest BCUT2D eigenvalue weighted by Crippen LogP contribution is 2.30. The van der Waals surface area contributed by atoms with E-state index in [0.29, 0.717) is 17.7 Å². The Morgan fingerprint density at radius 2 is 1.77 bits per heavy atom. The second kappa shape index (κ2) is 7.51. The molecule has 0 N–H and O–H groups in total. The molecular weight excluding hydrogens is 344 g/mol. The molecule has 2 saturated heterocycles. The number of aryl methyl sites for hydroxylation is 2. The summed E-state index contributed by atoms with van der Waals surface area (Å²) in [6.45, 7) is 4.35. The van der Waals surface area contributed by atoms with E-state index in [-0.39, 0.29) is 0 Å². The number of fused-ring (bicyclic) bond motifs is 1. The number of benzene rings is 1. The molecule has 26 heavy (non-hydrogen) atoms. The van der Waals surface area contributed by atoms with E-state index in [9.17, 15) is 8.42 Å². The van der Waals surface area contributed by atoms with E-state index in [1.165, 1.54) is 44.0 Å². The van der Waals surface area contributed by atoms with Gasteiger partial charge in [0.2, 0.25) is 0 Å².